The van der Waals surface area contributed by atoms with E-state index in [-0.39, 0.29) is 0 Å². The van der Waals surface area contributed by atoms with Gasteiger partial charge in [0.05, 0.1) is 0 Å². The molecule has 0 aromatic carbocycles. The van der Waals surface area contributed by atoms with E-state index in [2.05, 4.69) is 64.9 Å². The van der Waals surface area contributed by atoms with Gasteiger partial charge in [0, 0.05) is 41.9 Å². The van der Waals surface area contributed by atoms with Crippen molar-refractivity contribution in [3.63, 3.8) is 0 Å². The Kier molecular flexibility index (Phi) is 7.39. The number of unbranched alkanes of at least 4 members (excludes halogenated alkanes) is 1. The average molecular weight is 328 g/mol. The van der Waals surface area contributed by atoms with Gasteiger partial charge < -0.3 is 10.2 Å². The minimum Gasteiger partial charge on any atom is -0.357 e. The lowest BCUT2D eigenvalue weighted by atomic mass is 10.2. The van der Waals surface area contributed by atoms with Crippen LogP contribution in [0.3, 0.4) is 0 Å². The molecule has 1 heterocycles. The first-order valence-electron chi connectivity index (χ1n) is 7.21. The van der Waals surface area contributed by atoms with Crippen molar-refractivity contribution < 1.29 is 0 Å². The molecule has 108 valence electrons. The van der Waals surface area contributed by atoms with Crippen molar-refractivity contribution in [2.45, 2.75) is 53.1 Å². The van der Waals surface area contributed by atoms with Crippen LogP contribution in [0.2, 0.25) is 0 Å². The molecule has 0 fully saturated rings. The van der Waals surface area contributed by atoms with Gasteiger partial charge in [-0.25, -0.2) is 4.98 Å². The molecular formula is C15H26BrN3. The molecule has 0 bridgehead atoms. The molecule has 0 atom stereocenters. The summed E-state index contributed by atoms with van der Waals surface area (Å²) in [6.45, 7) is 11.7. The largest absolute Gasteiger partial charge is 0.357 e. The number of rotatable bonds is 8. The fraction of sp³-hybridized carbons (Fsp3) is 0.667. The van der Waals surface area contributed by atoms with Crippen molar-refractivity contribution in [2.75, 3.05) is 18.0 Å². The maximum absolute atomic E-state index is 4.62. The molecule has 0 saturated heterocycles. The van der Waals surface area contributed by atoms with Crippen molar-refractivity contribution in [2.24, 2.45) is 0 Å². The van der Waals surface area contributed by atoms with Gasteiger partial charge in [-0.1, -0.05) is 27.2 Å². The van der Waals surface area contributed by atoms with E-state index in [4.69, 9.17) is 0 Å². The lowest BCUT2D eigenvalue weighted by Gasteiger charge is -2.25. The van der Waals surface area contributed by atoms with E-state index in [1.165, 1.54) is 18.4 Å². The van der Waals surface area contributed by atoms with Crippen LogP contribution in [0.5, 0.6) is 0 Å². The zero-order chi connectivity index (χ0) is 14.3. The normalized spacial score (nSPS) is 11.1. The van der Waals surface area contributed by atoms with Crippen LogP contribution in [-0.4, -0.2) is 24.1 Å². The van der Waals surface area contributed by atoms with Gasteiger partial charge in [0.1, 0.15) is 5.82 Å². The van der Waals surface area contributed by atoms with Crippen LogP contribution in [0.25, 0.3) is 0 Å². The fourth-order valence-electron chi connectivity index (χ4n) is 1.97. The summed E-state index contributed by atoms with van der Waals surface area (Å²) >= 11 is 3.52. The third-order valence-corrected chi connectivity index (χ3v) is 3.51. The fourth-order valence-corrected chi connectivity index (χ4v) is 2.34. The molecule has 0 spiro atoms. The highest BCUT2D eigenvalue weighted by atomic mass is 79.9. The summed E-state index contributed by atoms with van der Waals surface area (Å²) in [5.74, 6) is 1.12. The third-order valence-electron chi connectivity index (χ3n) is 3.07. The van der Waals surface area contributed by atoms with E-state index in [1.807, 2.05) is 6.20 Å². The number of hydrogen-bond acceptors (Lipinski definition) is 3. The minimum absolute atomic E-state index is 0.484. The van der Waals surface area contributed by atoms with Gasteiger partial charge in [0.25, 0.3) is 0 Å². The lowest BCUT2D eigenvalue weighted by molar-refractivity contribution is 0.585. The van der Waals surface area contributed by atoms with Crippen molar-refractivity contribution in [3.8, 4) is 0 Å². The molecule has 1 aromatic rings. The smallest absolute Gasteiger partial charge is 0.133 e. The SMILES string of the molecule is CCCCN(CC)c1ncc(Br)cc1CNC(C)C. The zero-order valence-electron chi connectivity index (χ0n) is 12.5. The Morgan fingerprint density at radius 3 is 2.68 bits per heavy atom. The molecule has 0 unspecified atom stereocenters. The lowest BCUT2D eigenvalue weighted by Crippen LogP contribution is -2.28. The molecule has 0 aliphatic carbocycles. The van der Waals surface area contributed by atoms with Gasteiger partial charge in [-0.2, -0.15) is 0 Å². The van der Waals surface area contributed by atoms with E-state index >= 15 is 0 Å². The predicted octanol–water partition coefficient (Wildman–Crippen LogP) is 3.97. The number of anilines is 1. The first-order valence-corrected chi connectivity index (χ1v) is 8.00. The van der Waals surface area contributed by atoms with E-state index in [9.17, 15) is 0 Å². The Labute approximate surface area is 125 Å². The highest BCUT2D eigenvalue weighted by Gasteiger charge is 2.12. The first kappa shape index (κ1) is 16.4. The Morgan fingerprint density at radius 2 is 2.11 bits per heavy atom. The third kappa shape index (κ3) is 5.49. The van der Waals surface area contributed by atoms with Crippen LogP contribution < -0.4 is 10.2 Å². The molecule has 19 heavy (non-hydrogen) atoms. The number of hydrogen-bond donors (Lipinski definition) is 1. The van der Waals surface area contributed by atoms with E-state index in [0.29, 0.717) is 6.04 Å². The van der Waals surface area contributed by atoms with E-state index in [0.717, 1.165) is 29.9 Å². The van der Waals surface area contributed by atoms with Crippen LogP contribution >= 0.6 is 15.9 Å². The Hall–Kier alpha value is -0.610. The van der Waals surface area contributed by atoms with E-state index < -0.39 is 0 Å². The molecule has 0 aliphatic rings. The maximum Gasteiger partial charge on any atom is 0.133 e. The van der Waals surface area contributed by atoms with Gasteiger partial charge >= 0.3 is 0 Å². The number of nitrogens with one attached hydrogen (secondary N) is 1. The molecular weight excluding hydrogens is 302 g/mol. The van der Waals surface area contributed by atoms with Crippen LogP contribution in [-0.2, 0) is 6.54 Å². The number of halogens is 1. The van der Waals surface area contributed by atoms with Crippen molar-refractivity contribution in [1.82, 2.24) is 10.3 Å². The topological polar surface area (TPSA) is 28.2 Å². The molecule has 0 saturated carbocycles. The van der Waals surface area contributed by atoms with Gasteiger partial charge in [0.15, 0.2) is 0 Å². The summed E-state index contributed by atoms with van der Waals surface area (Å²) in [6.07, 6.45) is 4.32. The average Bonchev–Trinajstić information content (AvgIpc) is 2.38. The van der Waals surface area contributed by atoms with Crippen LogP contribution in [0.4, 0.5) is 5.82 Å². The van der Waals surface area contributed by atoms with Crippen LogP contribution in [0.15, 0.2) is 16.7 Å². The number of aromatic nitrogens is 1. The Balaban J connectivity index is 2.89. The predicted molar refractivity (Wildman–Crippen MR) is 86.7 cm³/mol. The van der Waals surface area contributed by atoms with Gasteiger partial charge in [-0.15, -0.1) is 0 Å². The van der Waals surface area contributed by atoms with Crippen molar-refractivity contribution in [1.29, 1.82) is 0 Å². The second-order valence-corrected chi connectivity index (χ2v) is 6.02. The summed E-state index contributed by atoms with van der Waals surface area (Å²) in [7, 11) is 0. The first-order chi connectivity index (χ1) is 9.08. The molecule has 0 amide bonds. The highest BCUT2D eigenvalue weighted by molar-refractivity contribution is 9.10. The summed E-state index contributed by atoms with van der Waals surface area (Å²) in [5.41, 5.74) is 1.26. The molecule has 1 rings (SSSR count). The van der Waals surface area contributed by atoms with Crippen LogP contribution in [0, 0.1) is 0 Å². The Bertz CT molecular complexity index is 380. The second kappa shape index (κ2) is 8.54. The molecule has 1 aromatic heterocycles. The molecule has 0 aliphatic heterocycles. The standard InChI is InChI=1S/C15H26BrN3/c1-5-7-8-19(6-2)15-13(10-17-12(3)4)9-14(16)11-18-15/h9,11-12,17H,5-8,10H2,1-4H3. The molecule has 4 heteroatoms. The van der Waals surface area contributed by atoms with Crippen molar-refractivity contribution >= 4 is 21.7 Å². The van der Waals surface area contributed by atoms with E-state index in [1.54, 1.807) is 0 Å². The van der Waals surface area contributed by atoms with Gasteiger partial charge in [0.2, 0.25) is 0 Å². The zero-order valence-corrected chi connectivity index (χ0v) is 14.1. The van der Waals surface area contributed by atoms with Gasteiger partial charge in [-0.3, -0.25) is 0 Å². The number of nitrogens with zero attached hydrogens (tertiary/aromatic N) is 2. The highest BCUT2D eigenvalue weighted by Crippen LogP contribution is 2.22. The summed E-state index contributed by atoms with van der Waals surface area (Å²) < 4.78 is 1.04. The van der Waals surface area contributed by atoms with Crippen molar-refractivity contribution in [3.05, 3.63) is 22.3 Å². The minimum atomic E-state index is 0.484. The van der Waals surface area contributed by atoms with Crippen LogP contribution in [0.1, 0.15) is 46.1 Å². The molecule has 3 nitrogen and oxygen atoms in total. The second-order valence-electron chi connectivity index (χ2n) is 5.11. The summed E-state index contributed by atoms with van der Waals surface area (Å²) in [4.78, 5) is 6.99. The maximum atomic E-state index is 4.62. The molecule has 0 radical (unpaired) electrons. The number of pyridine rings is 1. The Morgan fingerprint density at radius 1 is 1.37 bits per heavy atom. The quantitative estimate of drug-likeness (QED) is 0.783. The molecule has 1 N–H and O–H groups in total. The monoisotopic (exact) mass is 327 g/mol. The summed E-state index contributed by atoms with van der Waals surface area (Å²) in [5, 5.41) is 3.48. The van der Waals surface area contributed by atoms with Gasteiger partial charge in [-0.05, 0) is 35.3 Å². The summed E-state index contributed by atoms with van der Waals surface area (Å²) in [6, 6.07) is 2.66.